The minimum absolute atomic E-state index is 0.914. The molecule has 1 heterocycles. The summed E-state index contributed by atoms with van der Waals surface area (Å²) in [5, 5.41) is 12.5. The zero-order chi connectivity index (χ0) is 29.5. The van der Waals surface area contributed by atoms with E-state index in [2.05, 4.69) is 152 Å². The monoisotopic (exact) mass is 570 g/mol. The molecule has 0 N–H and O–H groups in total. The van der Waals surface area contributed by atoms with Gasteiger partial charge in [-0.3, -0.25) is 0 Å². The van der Waals surface area contributed by atoms with Crippen LogP contribution in [0.1, 0.15) is 0 Å². The molecule has 1 nitrogen and oxygen atoms in total. The van der Waals surface area contributed by atoms with Crippen LogP contribution in [-0.2, 0) is 0 Å². The van der Waals surface area contributed by atoms with Gasteiger partial charge in [0.2, 0.25) is 0 Å². The molecule has 0 saturated carbocycles. The van der Waals surface area contributed by atoms with Gasteiger partial charge >= 0.3 is 0 Å². The Hall–Kier alpha value is -5.92. The van der Waals surface area contributed by atoms with E-state index in [0.29, 0.717) is 0 Å². The molecule has 1 heteroatoms. The maximum absolute atomic E-state index is 6.50. The van der Waals surface area contributed by atoms with Crippen molar-refractivity contribution in [1.82, 2.24) is 0 Å². The van der Waals surface area contributed by atoms with Crippen LogP contribution in [0.15, 0.2) is 162 Å². The van der Waals surface area contributed by atoms with Gasteiger partial charge in [-0.1, -0.05) is 133 Å². The van der Waals surface area contributed by atoms with E-state index in [-0.39, 0.29) is 0 Å². The lowest BCUT2D eigenvalue weighted by molar-refractivity contribution is 0.669. The summed E-state index contributed by atoms with van der Waals surface area (Å²) in [4.78, 5) is 0. The summed E-state index contributed by atoms with van der Waals surface area (Å²) in [6.45, 7) is 0. The standard InChI is InChI=1S/C44H26O/c1-2-8-27(9-3-1)33-25-39(44-38-12-6-7-13-40(38)45-41(44)26-33)35-21-17-30-18-22-36-34(20-16-29-19-23-37(35)43(30)42(29)36)32-15-14-28-10-4-5-11-31(28)24-32/h1-26H. The molecule has 10 rings (SSSR count). The summed E-state index contributed by atoms with van der Waals surface area (Å²) in [6, 6.07) is 57.4. The lowest BCUT2D eigenvalue weighted by Gasteiger charge is -2.17. The number of hydrogen-bond donors (Lipinski definition) is 0. The summed E-state index contributed by atoms with van der Waals surface area (Å²) in [5.74, 6) is 0. The summed E-state index contributed by atoms with van der Waals surface area (Å²) < 4.78 is 6.50. The molecule has 0 bridgehead atoms. The quantitative estimate of drug-likeness (QED) is 0.193. The van der Waals surface area contributed by atoms with Crippen molar-refractivity contribution in [1.29, 1.82) is 0 Å². The molecule has 0 spiro atoms. The van der Waals surface area contributed by atoms with Crippen molar-refractivity contribution in [3.63, 3.8) is 0 Å². The van der Waals surface area contributed by atoms with Gasteiger partial charge in [0, 0.05) is 10.8 Å². The van der Waals surface area contributed by atoms with Gasteiger partial charge in [-0.2, -0.15) is 0 Å². The van der Waals surface area contributed by atoms with Crippen LogP contribution in [-0.4, -0.2) is 0 Å². The van der Waals surface area contributed by atoms with Crippen LogP contribution < -0.4 is 0 Å². The minimum atomic E-state index is 0.914. The predicted molar refractivity (Wildman–Crippen MR) is 191 cm³/mol. The van der Waals surface area contributed by atoms with E-state index in [1.165, 1.54) is 70.9 Å². The fourth-order valence-electron chi connectivity index (χ4n) is 7.51. The molecule has 0 radical (unpaired) electrons. The molecule has 0 aliphatic carbocycles. The Morgan fingerprint density at radius 1 is 0.289 bits per heavy atom. The van der Waals surface area contributed by atoms with E-state index in [0.717, 1.165) is 27.5 Å². The van der Waals surface area contributed by atoms with Crippen LogP contribution in [0, 0.1) is 0 Å². The molecule has 0 amide bonds. The molecule has 0 atom stereocenters. The number of furan rings is 1. The van der Waals surface area contributed by atoms with E-state index in [9.17, 15) is 0 Å². The first-order valence-electron chi connectivity index (χ1n) is 15.5. The first kappa shape index (κ1) is 24.5. The van der Waals surface area contributed by atoms with Gasteiger partial charge in [0.25, 0.3) is 0 Å². The highest BCUT2D eigenvalue weighted by atomic mass is 16.3. The molecule has 0 aliphatic heterocycles. The first-order valence-corrected chi connectivity index (χ1v) is 15.5. The van der Waals surface area contributed by atoms with Crippen molar-refractivity contribution >= 4 is 65.0 Å². The van der Waals surface area contributed by atoms with E-state index >= 15 is 0 Å². The highest BCUT2D eigenvalue weighted by Crippen LogP contribution is 2.46. The van der Waals surface area contributed by atoms with Gasteiger partial charge < -0.3 is 4.42 Å². The van der Waals surface area contributed by atoms with E-state index in [1.54, 1.807) is 0 Å². The fraction of sp³-hybridized carbons (Fsp3) is 0. The Labute approximate surface area is 259 Å². The zero-order valence-electron chi connectivity index (χ0n) is 24.4. The molecule has 9 aromatic carbocycles. The topological polar surface area (TPSA) is 13.1 Å². The van der Waals surface area contributed by atoms with Crippen molar-refractivity contribution in [2.24, 2.45) is 0 Å². The predicted octanol–water partition coefficient (Wildman–Crippen LogP) is 12.6. The average Bonchev–Trinajstić information content (AvgIpc) is 3.49. The molecule has 0 fully saturated rings. The van der Waals surface area contributed by atoms with Crippen molar-refractivity contribution in [3.05, 3.63) is 158 Å². The first-order chi connectivity index (χ1) is 22.3. The van der Waals surface area contributed by atoms with Crippen molar-refractivity contribution < 1.29 is 4.42 Å². The van der Waals surface area contributed by atoms with Crippen LogP contribution in [0.25, 0.3) is 98.4 Å². The Kier molecular flexibility index (Phi) is 5.06. The van der Waals surface area contributed by atoms with Crippen LogP contribution in [0.4, 0.5) is 0 Å². The highest BCUT2D eigenvalue weighted by molar-refractivity contribution is 6.29. The van der Waals surface area contributed by atoms with Gasteiger partial charge in [0.05, 0.1) is 0 Å². The Morgan fingerprint density at radius 3 is 1.76 bits per heavy atom. The van der Waals surface area contributed by atoms with Gasteiger partial charge in [-0.15, -0.1) is 0 Å². The molecule has 45 heavy (non-hydrogen) atoms. The van der Waals surface area contributed by atoms with Crippen LogP contribution in [0.5, 0.6) is 0 Å². The normalized spacial score (nSPS) is 12.0. The Morgan fingerprint density at radius 2 is 0.933 bits per heavy atom. The summed E-state index contributed by atoms with van der Waals surface area (Å²) in [5.41, 5.74) is 9.09. The van der Waals surface area contributed by atoms with E-state index in [4.69, 9.17) is 4.42 Å². The molecular weight excluding hydrogens is 544 g/mol. The maximum atomic E-state index is 6.50. The Balaban J connectivity index is 1.29. The summed E-state index contributed by atoms with van der Waals surface area (Å²) in [6.07, 6.45) is 0. The summed E-state index contributed by atoms with van der Waals surface area (Å²) >= 11 is 0. The van der Waals surface area contributed by atoms with Crippen molar-refractivity contribution in [2.45, 2.75) is 0 Å². The second-order valence-electron chi connectivity index (χ2n) is 12.1. The Bertz CT molecular complexity index is 2750. The minimum Gasteiger partial charge on any atom is -0.456 e. The average molecular weight is 571 g/mol. The number of benzene rings is 9. The lowest BCUT2D eigenvalue weighted by atomic mass is 9.86. The van der Waals surface area contributed by atoms with Crippen molar-refractivity contribution in [2.75, 3.05) is 0 Å². The molecule has 1 aromatic heterocycles. The van der Waals surface area contributed by atoms with E-state index in [1.807, 2.05) is 6.07 Å². The number of para-hydroxylation sites is 1. The third-order valence-corrected chi connectivity index (χ3v) is 9.60. The van der Waals surface area contributed by atoms with Gasteiger partial charge in [-0.25, -0.2) is 0 Å². The molecule has 0 unspecified atom stereocenters. The van der Waals surface area contributed by atoms with Crippen LogP contribution in [0.3, 0.4) is 0 Å². The maximum Gasteiger partial charge on any atom is 0.136 e. The lowest BCUT2D eigenvalue weighted by Crippen LogP contribution is -1.90. The molecule has 0 aliphatic rings. The van der Waals surface area contributed by atoms with Gasteiger partial charge in [0.15, 0.2) is 0 Å². The van der Waals surface area contributed by atoms with Crippen LogP contribution >= 0.6 is 0 Å². The third kappa shape index (κ3) is 3.62. The summed E-state index contributed by atoms with van der Waals surface area (Å²) in [7, 11) is 0. The highest BCUT2D eigenvalue weighted by Gasteiger charge is 2.19. The number of fused-ring (bicyclic) bond motifs is 4. The molecule has 10 aromatic rings. The number of hydrogen-bond acceptors (Lipinski definition) is 1. The van der Waals surface area contributed by atoms with Gasteiger partial charge in [0.1, 0.15) is 11.2 Å². The fourth-order valence-corrected chi connectivity index (χ4v) is 7.51. The molecule has 208 valence electrons. The van der Waals surface area contributed by atoms with Crippen molar-refractivity contribution in [3.8, 4) is 33.4 Å². The molecular formula is C44H26O. The van der Waals surface area contributed by atoms with Gasteiger partial charge in [-0.05, 0) is 101 Å². The third-order valence-electron chi connectivity index (χ3n) is 9.60. The zero-order valence-corrected chi connectivity index (χ0v) is 24.4. The number of rotatable bonds is 3. The molecule has 0 saturated heterocycles. The SMILES string of the molecule is c1ccc(-c2cc(-c3ccc4ccc5c(-c6ccc7ccccc7c6)ccc6ccc3c4c65)c3c(c2)oc2ccccc23)cc1. The van der Waals surface area contributed by atoms with Crippen LogP contribution in [0.2, 0.25) is 0 Å². The smallest absolute Gasteiger partial charge is 0.136 e. The van der Waals surface area contributed by atoms with E-state index < -0.39 is 0 Å². The second-order valence-corrected chi connectivity index (χ2v) is 12.1. The second kappa shape index (κ2) is 9.29. The largest absolute Gasteiger partial charge is 0.456 e.